The molecule has 0 unspecified atom stereocenters. The highest BCUT2D eigenvalue weighted by Gasteiger charge is 2.25. The van der Waals surface area contributed by atoms with Gasteiger partial charge < -0.3 is 15.0 Å². The SMILES string of the molecule is COC(=O)[C@@H](Cc1c[nH]c2ccccc12)NC(=O)c1ccc(Cl)c(S(N)(=O)=O)c1. The molecule has 4 N–H and O–H groups in total. The molecule has 0 aliphatic carbocycles. The third-order valence-electron chi connectivity index (χ3n) is 4.39. The van der Waals surface area contributed by atoms with Crippen molar-refractivity contribution in [1.29, 1.82) is 0 Å². The molecular weight excluding hydrogens is 418 g/mol. The summed E-state index contributed by atoms with van der Waals surface area (Å²) in [6.07, 6.45) is 1.94. The quantitative estimate of drug-likeness (QED) is 0.509. The normalized spacial score (nSPS) is 12.5. The number of nitrogens with one attached hydrogen (secondary N) is 2. The molecule has 152 valence electrons. The molecule has 1 amide bonds. The van der Waals surface area contributed by atoms with Gasteiger partial charge in [0.2, 0.25) is 10.0 Å². The van der Waals surface area contributed by atoms with Crippen molar-refractivity contribution in [3.63, 3.8) is 0 Å². The number of hydrogen-bond donors (Lipinski definition) is 3. The Morgan fingerprint density at radius 1 is 1.24 bits per heavy atom. The van der Waals surface area contributed by atoms with Crippen molar-refractivity contribution in [3.05, 3.63) is 64.8 Å². The van der Waals surface area contributed by atoms with Gasteiger partial charge in [0.05, 0.1) is 12.1 Å². The van der Waals surface area contributed by atoms with Crippen LogP contribution in [0.25, 0.3) is 10.9 Å². The lowest BCUT2D eigenvalue weighted by Crippen LogP contribution is -2.43. The topological polar surface area (TPSA) is 131 Å². The number of hydrogen-bond acceptors (Lipinski definition) is 5. The minimum absolute atomic E-state index is 0.00810. The van der Waals surface area contributed by atoms with Gasteiger partial charge in [0, 0.05) is 29.1 Å². The van der Waals surface area contributed by atoms with Crippen LogP contribution >= 0.6 is 11.6 Å². The average Bonchev–Trinajstić information content (AvgIpc) is 3.09. The van der Waals surface area contributed by atoms with Gasteiger partial charge in [-0.15, -0.1) is 0 Å². The van der Waals surface area contributed by atoms with Crippen LogP contribution < -0.4 is 10.5 Å². The minimum atomic E-state index is -4.11. The molecular formula is C19H18ClN3O5S. The fourth-order valence-electron chi connectivity index (χ4n) is 2.96. The number of primary sulfonamides is 1. The van der Waals surface area contributed by atoms with E-state index in [-0.39, 0.29) is 21.9 Å². The van der Waals surface area contributed by atoms with E-state index in [9.17, 15) is 18.0 Å². The summed E-state index contributed by atoms with van der Waals surface area (Å²) in [5, 5.41) is 8.51. The summed E-state index contributed by atoms with van der Waals surface area (Å²) in [5.74, 6) is -1.30. The first-order valence-electron chi connectivity index (χ1n) is 8.46. The number of amides is 1. The monoisotopic (exact) mass is 435 g/mol. The van der Waals surface area contributed by atoms with Crippen LogP contribution in [0.4, 0.5) is 0 Å². The van der Waals surface area contributed by atoms with E-state index in [0.717, 1.165) is 22.5 Å². The highest BCUT2D eigenvalue weighted by Crippen LogP contribution is 2.22. The van der Waals surface area contributed by atoms with E-state index in [4.69, 9.17) is 21.5 Å². The van der Waals surface area contributed by atoms with Gasteiger partial charge in [-0.2, -0.15) is 0 Å². The Hall–Kier alpha value is -2.88. The fraction of sp³-hybridized carbons (Fsp3) is 0.158. The molecule has 0 bridgehead atoms. The van der Waals surface area contributed by atoms with E-state index >= 15 is 0 Å². The summed E-state index contributed by atoms with van der Waals surface area (Å²) in [7, 11) is -2.89. The minimum Gasteiger partial charge on any atom is -0.467 e. The first kappa shape index (κ1) is 20.8. The molecule has 0 aliphatic heterocycles. The lowest BCUT2D eigenvalue weighted by molar-refractivity contribution is -0.142. The highest BCUT2D eigenvalue weighted by atomic mass is 35.5. The fourth-order valence-corrected chi connectivity index (χ4v) is 4.03. The predicted molar refractivity (Wildman–Crippen MR) is 108 cm³/mol. The van der Waals surface area contributed by atoms with Crippen LogP contribution in [0.3, 0.4) is 0 Å². The van der Waals surface area contributed by atoms with Crippen LogP contribution in [0.5, 0.6) is 0 Å². The Labute approximate surface area is 172 Å². The van der Waals surface area contributed by atoms with E-state index in [0.29, 0.717) is 0 Å². The highest BCUT2D eigenvalue weighted by molar-refractivity contribution is 7.89. The number of carbonyl (C=O) groups is 2. The predicted octanol–water partition coefficient (Wildman–Crippen LogP) is 1.98. The third kappa shape index (κ3) is 4.58. The van der Waals surface area contributed by atoms with E-state index in [1.54, 1.807) is 6.20 Å². The largest absolute Gasteiger partial charge is 0.467 e. The van der Waals surface area contributed by atoms with Crippen LogP contribution in [0, 0.1) is 0 Å². The average molecular weight is 436 g/mol. The number of benzene rings is 2. The number of aromatic amines is 1. The molecule has 10 heteroatoms. The first-order chi connectivity index (χ1) is 13.7. The van der Waals surface area contributed by atoms with Gasteiger partial charge in [0.25, 0.3) is 5.91 Å². The van der Waals surface area contributed by atoms with E-state index in [1.165, 1.54) is 19.2 Å². The summed E-state index contributed by atoms with van der Waals surface area (Å²) in [6.45, 7) is 0. The molecule has 1 aromatic heterocycles. The van der Waals surface area contributed by atoms with Crippen LogP contribution in [-0.2, 0) is 26.0 Å². The van der Waals surface area contributed by atoms with Gasteiger partial charge >= 0.3 is 5.97 Å². The number of ether oxygens (including phenoxy) is 1. The summed E-state index contributed by atoms with van der Waals surface area (Å²) in [5.41, 5.74) is 1.71. The number of nitrogens with two attached hydrogens (primary N) is 1. The van der Waals surface area contributed by atoms with Crippen molar-refractivity contribution >= 4 is 44.4 Å². The maximum atomic E-state index is 12.7. The van der Waals surface area contributed by atoms with Gasteiger partial charge in [-0.25, -0.2) is 18.4 Å². The van der Waals surface area contributed by atoms with E-state index < -0.39 is 27.9 Å². The van der Waals surface area contributed by atoms with Crippen molar-refractivity contribution in [2.24, 2.45) is 5.14 Å². The van der Waals surface area contributed by atoms with Crippen LogP contribution in [-0.4, -0.2) is 38.4 Å². The van der Waals surface area contributed by atoms with Crippen molar-refractivity contribution < 1.29 is 22.7 Å². The van der Waals surface area contributed by atoms with Crippen molar-refractivity contribution in [2.75, 3.05) is 7.11 Å². The van der Waals surface area contributed by atoms with Gasteiger partial charge in [0.15, 0.2) is 0 Å². The summed E-state index contributed by atoms with van der Waals surface area (Å²) >= 11 is 5.85. The molecule has 29 heavy (non-hydrogen) atoms. The second-order valence-electron chi connectivity index (χ2n) is 6.30. The number of rotatable bonds is 6. The zero-order valence-electron chi connectivity index (χ0n) is 15.3. The van der Waals surface area contributed by atoms with Gasteiger partial charge in [-0.3, -0.25) is 4.79 Å². The molecule has 0 aliphatic rings. The molecule has 0 saturated carbocycles. The number of fused-ring (bicyclic) bond motifs is 1. The lowest BCUT2D eigenvalue weighted by Gasteiger charge is -2.17. The summed E-state index contributed by atoms with van der Waals surface area (Å²) in [4.78, 5) is 27.6. The maximum absolute atomic E-state index is 12.7. The Morgan fingerprint density at radius 3 is 2.66 bits per heavy atom. The zero-order valence-corrected chi connectivity index (χ0v) is 16.9. The van der Waals surface area contributed by atoms with Gasteiger partial charge in [-0.05, 0) is 29.8 Å². The Balaban J connectivity index is 1.87. The molecule has 1 heterocycles. The molecule has 0 saturated heterocycles. The number of sulfonamides is 1. The van der Waals surface area contributed by atoms with E-state index in [1.807, 2.05) is 24.3 Å². The number of H-pyrrole nitrogens is 1. The number of esters is 1. The molecule has 2 aromatic carbocycles. The lowest BCUT2D eigenvalue weighted by atomic mass is 10.0. The van der Waals surface area contributed by atoms with Gasteiger partial charge in [-0.1, -0.05) is 29.8 Å². The number of aromatic nitrogens is 1. The first-order valence-corrected chi connectivity index (χ1v) is 10.4. The Kier molecular flexibility index (Phi) is 5.92. The van der Waals surface area contributed by atoms with E-state index in [2.05, 4.69) is 10.3 Å². The second-order valence-corrected chi connectivity index (χ2v) is 8.24. The maximum Gasteiger partial charge on any atom is 0.328 e. The molecule has 0 spiro atoms. The van der Waals surface area contributed by atoms with Crippen molar-refractivity contribution in [1.82, 2.24) is 10.3 Å². The number of methoxy groups -OCH3 is 1. The molecule has 0 radical (unpaired) electrons. The molecule has 8 nitrogen and oxygen atoms in total. The Morgan fingerprint density at radius 2 is 1.97 bits per heavy atom. The molecule has 0 fully saturated rings. The van der Waals surface area contributed by atoms with Crippen LogP contribution in [0.15, 0.2) is 53.6 Å². The number of para-hydroxylation sites is 1. The summed E-state index contributed by atoms with van der Waals surface area (Å²) < 4.78 is 28.1. The van der Waals surface area contributed by atoms with Crippen molar-refractivity contribution in [3.8, 4) is 0 Å². The third-order valence-corrected chi connectivity index (χ3v) is 5.78. The standard InChI is InChI=1S/C19H18ClN3O5S/c1-28-19(25)16(8-12-10-22-15-5-3-2-4-13(12)15)23-18(24)11-6-7-14(20)17(9-11)29(21,26)27/h2-7,9-10,16,22H,8H2,1H3,(H,23,24)(H2,21,26,27)/t16-/m1/s1. The number of carbonyl (C=O) groups excluding carboxylic acids is 2. The second kappa shape index (κ2) is 8.24. The van der Waals surface area contributed by atoms with Crippen molar-refractivity contribution in [2.45, 2.75) is 17.4 Å². The number of halogens is 1. The Bertz CT molecular complexity index is 1190. The smallest absolute Gasteiger partial charge is 0.328 e. The van der Waals surface area contributed by atoms with Crippen LogP contribution in [0.2, 0.25) is 5.02 Å². The molecule has 3 aromatic rings. The van der Waals surface area contributed by atoms with Crippen LogP contribution in [0.1, 0.15) is 15.9 Å². The van der Waals surface area contributed by atoms with Gasteiger partial charge in [0.1, 0.15) is 10.9 Å². The molecule has 3 rings (SSSR count). The molecule has 1 atom stereocenters. The zero-order chi connectivity index (χ0) is 21.2. The summed E-state index contributed by atoms with van der Waals surface area (Å²) in [6, 6.07) is 10.2.